The van der Waals surface area contributed by atoms with Gasteiger partial charge in [0.2, 0.25) is 0 Å². The Bertz CT molecular complexity index is 92.5. The Morgan fingerprint density at radius 2 is 2.09 bits per heavy atom. The van der Waals surface area contributed by atoms with E-state index in [0.717, 1.165) is 13.0 Å². The van der Waals surface area contributed by atoms with Crippen molar-refractivity contribution < 1.29 is 79.1 Å². The fourth-order valence-electron chi connectivity index (χ4n) is 1.11. The van der Waals surface area contributed by atoms with Gasteiger partial charge in [-0.15, -0.1) is 0 Å². The molecule has 3 N–H and O–H groups in total. The molecular formula is C7H16CsNO2. The van der Waals surface area contributed by atoms with Crippen LogP contribution in [0.3, 0.4) is 0 Å². The van der Waals surface area contributed by atoms with Gasteiger partial charge < -0.3 is 23.0 Å². The minimum Gasteiger partial charge on any atom is -0.396 e. The topological polar surface area (TPSA) is 52.5 Å². The van der Waals surface area contributed by atoms with Gasteiger partial charge in [0, 0.05) is 19.1 Å². The van der Waals surface area contributed by atoms with E-state index in [9.17, 15) is 0 Å². The summed E-state index contributed by atoms with van der Waals surface area (Å²) in [5.74, 6) is 0.103. The van der Waals surface area contributed by atoms with Crippen LogP contribution < -0.4 is 74.2 Å². The van der Waals surface area contributed by atoms with E-state index >= 15 is 0 Å². The van der Waals surface area contributed by atoms with Crippen molar-refractivity contribution in [3.05, 3.63) is 7.43 Å². The molecule has 0 amide bonds. The summed E-state index contributed by atoms with van der Waals surface area (Å²) in [5, 5.41) is 20.9. The van der Waals surface area contributed by atoms with Gasteiger partial charge >= 0.3 is 68.9 Å². The van der Waals surface area contributed by atoms with Crippen molar-refractivity contribution in [1.29, 1.82) is 0 Å². The fourth-order valence-corrected chi connectivity index (χ4v) is 1.11. The molecule has 0 spiro atoms. The Morgan fingerprint density at radius 1 is 1.45 bits per heavy atom. The van der Waals surface area contributed by atoms with Gasteiger partial charge in [-0.2, -0.15) is 0 Å². The molecule has 0 aliphatic carbocycles. The van der Waals surface area contributed by atoms with Gasteiger partial charge in [0.15, 0.2) is 0 Å². The maximum absolute atomic E-state index is 9.15. The van der Waals surface area contributed by atoms with E-state index in [4.69, 9.17) is 10.2 Å². The van der Waals surface area contributed by atoms with Crippen LogP contribution in [0.15, 0.2) is 0 Å². The Balaban J connectivity index is 0. The van der Waals surface area contributed by atoms with Gasteiger partial charge in [0.1, 0.15) is 0 Å². The molecule has 1 fully saturated rings. The number of piperidine rings is 1. The van der Waals surface area contributed by atoms with Gasteiger partial charge in [0.05, 0.1) is 6.10 Å². The largest absolute Gasteiger partial charge is 1.00 e. The summed E-state index contributed by atoms with van der Waals surface area (Å²) < 4.78 is 0. The third-order valence-electron chi connectivity index (χ3n) is 1.82. The first kappa shape index (κ1) is 15.4. The molecular weight excluding hydrogens is 263 g/mol. The zero-order valence-electron chi connectivity index (χ0n) is 7.38. The maximum atomic E-state index is 9.15. The monoisotopic (exact) mass is 279 g/mol. The number of rotatable bonds is 1. The molecule has 0 aromatic rings. The van der Waals surface area contributed by atoms with Crippen molar-refractivity contribution in [1.82, 2.24) is 5.32 Å². The van der Waals surface area contributed by atoms with Crippen LogP contribution in [0, 0.1) is 13.3 Å². The molecule has 1 aliphatic heterocycles. The smallest absolute Gasteiger partial charge is 0.396 e. The molecule has 4 heteroatoms. The van der Waals surface area contributed by atoms with Gasteiger partial charge in [-0.05, 0) is 13.0 Å². The summed E-state index contributed by atoms with van der Waals surface area (Å²) in [4.78, 5) is 0. The SMILES string of the molecule is OCC1CCNCC1O.[CH3-].[Cs+]. The van der Waals surface area contributed by atoms with Crippen LogP contribution in [0.25, 0.3) is 0 Å². The van der Waals surface area contributed by atoms with Crippen molar-refractivity contribution in [3.8, 4) is 0 Å². The molecule has 1 rings (SSSR count). The van der Waals surface area contributed by atoms with Crippen LogP contribution in [0.2, 0.25) is 0 Å². The average Bonchev–Trinajstić information content (AvgIpc) is 1.89. The van der Waals surface area contributed by atoms with Crippen molar-refractivity contribution in [3.63, 3.8) is 0 Å². The van der Waals surface area contributed by atoms with Crippen LogP contribution in [0.1, 0.15) is 6.42 Å². The molecule has 0 aromatic carbocycles. The normalized spacial score (nSPS) is 30.0. The number of hydrogen-bond acceptors (Lipinski definition) is 3. The van der Waals surface area contributed by atoms with Gasteiger partial charge in [0.25, 0.3) is 0 Å². The van der Waals surface area contributed by atoms with Crippen LogP contribution >= 0.6 is 0 Å². The third kappa shape index (κ3) is 5.28. The summed E-state index contributed by atoms with van der Waals surface area (Å²) in [6.45, 7) is 1.66. The summed E-state index contributed by atoms with van der Waals surface area (Å²) in [5.41, 5.74) is 0. The van der Waals surface area contributed by atoms with Crippen LogP contribution in [0.5, 0.6) is 0 Å². The Hall–Kier alpha value is 1.93. The van der Waals surface area contributed by atoms with E-state index in [-0.39, 0.29) is 94.9 Å². The van der Waals surface area contributed by atoms with E-state index in [1.807, 2.05) is 0 Å². The molecule has 62 valence electrons. The molecule has 1 saturated heterocycles. The fraction of sp³-hybridized carbons (Fsp3) is 0.857. The number of hydrogen-bond donors (Lipinski definition) is 3. The molecule has 0 aromatic heterocycles. The standard InChI is InChI=1S/C6H13NO2.CH3.Cs/c8-4-5-1-2-7-3-6(5)9;;/h5-9H,1-4H2;1H3;/q;-1;+1. The zero-order chi connectivity index (χ0) is 6.69. The van der Waals surface area contributed by atoms with Gasteiger partial charge in [-0.25, -0.2) is 0 Å². The van der Waals surface area contributed by atoms with E-state index in [2.05, 4.69) is 5.32 Å². The van der Waals surface area contributed by atoms with E-state index in [0.29, 0.717) is 6.54 Å². The molecule has 0 saturated carbocycles. The Labute approximate surface area is 127 Å². The summed E-state index contributed by atoms with van der Waals surface area (Å²) in [6.07, 6.45) is 0.543. The molecule has 0 radical (unpaired) electrons. The molecule has 2 atom stereocenters. The molecule has 1 aliphatic rings. The van der Waals surface area contributed by atoms with Crippen LogP contribution in [-0.2, 0) is 0 Å². The number of aliphatic hydroxyl groups excluding tert-OH is 2. The van der Waals surface area contributed by atoms with Crippen molar-refractivity contribution in [2.45, 2.75) is 12.5 Å². The maximum Gasteiger partial charge on any atom is 1.00 e. The third-order valence-corrected chi connectivity index (χ3v) is 1.82. The quantitative estimate of drug-likeness (QED) is 0.435. The van der Waals surface area contributed by atoms with E-state index in [1.165, 1.54) is 0 Å². The summed E-state index contributed by atoms with van der Waals surface area (Å²) >= 11 is 0. The molecule has 1 heterocycles. The van der Waals surface area contributed by atoms with Crippen LogP contribution in [0.4, 0.5) is 0 Å². The minimum absolute atomic E-state index is 0. The zero-order valence-corrected chi connectivity index (χ0v) is 13.7. The van der Waals surface area contributed by atoms with Crippen molar-refractivity contribution in [2.24, 2.45) is 5.92 Å². The number of aliphatic hydroxyl groups is 2. The summed E-state index contributed by atoms with van der Waals surface area (Å²) in [7, 11) is 0. The predicted molar refractivity (Wildman–Crippen MR) is 40.5 cm³/mol. The van der Waals surface area contributed by atoms with Gasteiger partial charge in [-0.3, -0.25) is 0 Å². The van der Waals surface area contributed by atoms with Crippen molar-refractivity contribution in [2.75, 3.05) is 19.7 Å². The molecule has 0 bridgehead atoms. The molecule has 2 unspecified atom stereocenters. The van der Waals surface area contributed by atoms with Crippen molar-refractivity contribution >= 4 is 0 Å². The Morgan fingerprint density at radius 3 is 2.45 bits per heavy atom. The second kappa shape index (κ2) is 8.53. The van der Waals surface area contributed by atoms with Crippen LogP contribution in [-0.4, -0.2) is 36.0 Å². The minimum atomic E-state index is -0.344. The Kier molecular flexibility index (Phi) is 11.9. The first-order chi connectivity index (χ1) is 4.34. The second-order valence-corrected chi connectivity index (χ2v) is 2.50. The number of β-amino-alcohol motifs (C(OH)–C–C–N with tert-alkyl or cyclic N) is 1. The first-order valence-electron chi connectivity index (χ1n) is 3.34. The predicted octanol–water partition coefficient (Wildman–Crippen LogP) is -3.60. The summed E-state index contributed by atoms with van der Waals surface area (Å²) in [6, 6.07) is 0. The average molecular weight is 279 g/mol. The van der Waals surface area contributed by atoms with E-state index in [1.54, 1.807) is 0 Å². The second-order valence-electron chi connectivity index (χ2n) is 2.50. The molecule has 3 nitrogen and oxygen atoms in total. The molecule has 11 heavy (non-hydrogen) atoms. The van der Waals surface area contributed by atoms with Gasteiger partial charge in [-0.1, -0.05) is 0 Å². The first-order valence-corrected chi connectivity index (χ1v) is 3.34. The van der Waals surface area contributed by atoms with E-state index < -0.39 is 0 Å². The number of nitrogens with one attached hydrogen (secondary N) is 1.